The molecule has 0 atom stereocenters. The van der Waals surface area contributed by atoms with Gasteiger partial charge in [0.25, 0.3) is 0 Å². The van der Waals surface area contributed by atoms with E-state index in [1.807, 2.05) is 36.4 Å². The number of carboxylic acid groups (broad SMARTS) is 1. The number of benzene rings is 3. The predicted octanol–water partition coefficient (Wildman–Crippen LogP) is 3.94. The minimum Gasteiger partial charge on any atom is -0.494 e. The molecule has 0 spiro atoms. The molecule has 0 aromatic heterocycles. The molecule has 0 fully saturated rings. The lowest BCUT2D eigenvalue weighted by Gasteiger charge is -2.16. The van der Waals surface area contributed by atoms with E-state index in [4.69, 9.17) is 15.2 Å². The van der Waals surface area contributed by atoms with Gasteiger partial charge in [0.1, 0.15) is 12.2 Å². The molecule has 0 radical (unpaired) electrons. The number of carbonyl (C=O) groups is 2. The van der Waals surface area contributed by atoms with Gasteiger partial charge in [0.05, 0.1) is 18.4 Å². The van der Waals surface area contributed by atoms with Crippen LogP contribution in [0.5, 0.6) is 5.75 Å². The molecule has 4 rings (SSSR count). The molecular formula is C23H19NO5. The number of nitrogens with two attached hydrogens (primary N) is 1. The van der Waals surface area contributed by atoms with E-state index in [1.165, 1.54) is 19.2 Å². The summed E-state index contributed by atoms with van der Waals surface area (Å²) in [6, 6.07) is 18.7. The van der Waals surface area contributed by atoms with Gasteiger partial charge < -0.3 is 20.3 Å². The smallest absolute Gasteiger partial charge is 0.342 e. The molecule has 0 unspecified atom stereocenters. The van der Waals surface area contributed by atoms with E-state index >= 15 is 0 Å². The summed E-state index contributed by atoms with van der Waals surface area (Å²) < 4.78 is 10.8. The Morgan fingerprint density at radius 3 is 2.03 bits per heavy atom. The number of rotatable bonds is 5. The minimum absolute atomic E-state index is 0.00197. The van der Waals surface area contributed by atoms with Crippen LogP contribution >= 0.6 is 0 Å². The van der Waals surface area contributed by atoms with Crippen LogP contribution in [0.4, 0.5) is 5.69 Å². The molecule has 3 aromatic carbocycles. The molecule has 0 bridgehead atoms. The number of nitrogen functional groups attached to an aromatic ring is 1. The maximum absolute atomic E-state index is 12.7. The molecular weight excluding hydrogens is 370 g/mol. The molecule has 0 saturated heterocycles. The standard InChI is InChI=1S/C23H19NO5/c1-28-21-18(11-10-17(20(21)24)22(25)26)23(27)29-12-19-15-8-4-2-6-13(15)14-7-3-5-9-16(14)19/h2-11,19H,12,24H2,1H3,(H,25,26). The highest BCUT2D eigenvalue weighted by Gasteiger charge is 2.30. The van der Waals surface area contributed by atoms with Crippen molar-refractivity contribution in [2.45, 2.75) is 5.92 Å². The van der Waals surface area contributed by atoms with Gasteiger partial charge in [-0.2, -0.15) is 0 Å². The van der Waals surface area contributed by atoms with Crippen LogP contribution in [0.15, 0.2) is 60.7 Å². The van der Waals surface area contributed by atoms with Gasteiger partial charge in [0.2, 0.25) is 0 Å². The molecule has 29 heavy (non-hydrogen) atoms. The van der Waals surface area contributed by atoms with Crippen LogP contribution in [0.1, 0.15) is 37.8 Å². The molecule has 3 N–H and O–H groups in total. The van der Waals surface area contributed by atoms with Gasteiger partial charge in [-0.25, -0.2) is 9.59 Å². The van der Waals surface area contributed by atoms with Gasteiger partial charge in [-0.15, -0.1) is 0 Å². The van der Waals surface area contributed by atoms with Gasteiger partial charge in [0.15, 0.2) is 5.75 Å². The Balaban J connectivity index is 1.61. The van der Waals surface area contributed by atoms with E-state index in [0.717, 1.165) is 22.3 Å². The summed E-state index contributed by atoms with van der Waals surface area (Å²) in [4.78, 5) is 24.0. The first kappa shape index (κ1) is 18.6. The van der Waals surface area contributed by atoms with Crippen LogP contribution in [0, 0.1) is 0 Å². The molecule has 0 saturated carbocycles. The monoisotopic (exact) mass is 389 g/mol. The molecule has 0 amide bonds. The molecule has 1 aliphatic carbocycles. The Labute approximate surface area is 167 Å². The van der Waals surface area contributed by atoms with Crippen molar-refractivity contribution in [3.63, 3.8) is 0 Å². The van der Waals surface area contributed by atoms with E-state index in [0.29, 0.717) is 0 Å². The second-order valence-electron chi connectivity index (χ2n) is 6.74. The van der Waals surface area contributed by atoms with Crippen molar-refractivity contribution in [1.82, 2.24) is 0 Å². The Hall–Kier alpha value is -3.80. The first-order chi connectivity index (χ1) is 14.0. The van der Waals surface area contributed by atoms with E-state index in [1.54, 1.807) is 0 Å². The van der Waals surface area contributed by atoms with Gasteiger partial charge in [0, 0.05) is 5.92 Å². The van der Waals surface area contributed by atoms with Crippen LogP contribution in [0.25, 0.3) is 11.1 Å². The van der Waals surface area contributed by atoms with Crippen molar-refractivity contribution in [1.29, 1.82) is 0 Å². The third kappa shape index (κ3) is 3.08. The Morgan fingerprint density at radius 1 is 0.931 bits per heavy atom. The Kier molecular flexibility index (Phi) is 4.68. The SMILES string of the molecule is COc1c(C(=O)OCC2c3ccccc3-c3ccccc32)ccc(C(=O)O)c1N. The van der Waals surface area contributed by atoms with Crippen LogP contribution in [-0.4, -0.2) is 30.8 Å². The quantitative estimate of drug-likeness (QED) is 0.506. The van der Waals surface area contributed by atoms with Crippen LogP contribution in [-0.2, 0) is 4.74 Å². The zero-order valence-corrected chi connectivity index (χ0v) is 15.7. The van der Waals surface area contributed by atoms with Gasteiger partial charge in [-0.1, -0.05) is 48.5 Å². The van der Waals surface area contributed by atoms with Crippen molar-refractivity contribution in [3.8, 4) is 16.9 Å². The van der Waals surface area contributed by atoms with Crippen LogP contribution < -0.4 is 10.5 Å². The average Bonchev–Trinajstić information content (AvgIpc) is 3.05. The first-order valence-electron chi connectivity index (χ1n) is 9.08. The topological polar surface area (TPSA) is 98.8 Å². The summed E-state index contributed by atoms with van der Waals surface area (Å²) in [5, 5.41) is 9.20. The molecule has 0 aliphatic heterocycles. The summed E-state index contributed by atoms with van der Waals surface area (Å²) in [6.45, 7) is 0.149. The summed E-state index contributed by atoms with van der Waals surface area (Å²) >= 11 is 0. The molecule has 3 aromatic rings. The largest absolute Gasteiger partial charge is 0.494 e. The summed E-state index contributed by atoms with van der Waals surface area (Å²) in [7, 11) is 1.33. The number of fused-ring (bicyclic) bond motifs is 3. The van der Waals surface area contributed by atoms with E-state index < -0.39 is 11.9 Å². The summed E-state index contributed by atoms with van der Waals surface area (Å²) in [5.41, 5.74) is 10.2. The lowest BCUT2D eigenvalue weighted by Crippen LogP contribution is -2.15. The maximum Gasteiger partial charge on any atom is 0.342 e. The van der Waals surface area contributed by atoms with Crippen LogP contribution in [0.2, 0.25) is 0 Å². The number of methoxy groups -OCH3 is 1. The maximum atomic E-state index is 12.7. The molecule has 0 heterocycles. The second kappa shape index (κ2) is 7.31. The lowest BCUT2D eigenvalue weighted by molar-refractivity contribution is 0.0489. The third-order valence-electron chi connectivity index (χ3n) is 5.19. The number of esters is 1. The number of carbonyl (C=O) groups excluding carboxylic acids is 1. The Morgan fingerprint density at radius 2 is 1.48 bits per heavy atom. The fraction of sp³-hybridized carbons (Fsp3) is 0.130. The van der Waals surface area contributed by atoms with Gasteiger partial charge in [-0.05, 0) is 34.4 Å². The van der Waals surface area contributed by atoms with E-state index in [9.17, 15) is 14.7 Å². The predicted molar refractivity (Wildman–Crippen MR) is 108 cm³/mol. The number of carboxylic acids is 1. The number of hydrogen-bond donors (Lipinski definition) is 2. The summed E-state index contributed by atoms with van der Waals surface area (Å²) in [5.74, 6) is -1.89. The van der Waals surface area contributed by atoms with Gasteiger partial charge >= 0.3 is 11.9 Å². The average molecular weight is 389 g/mol. The van der Waals surface area contributed by atoms with Crippen molar-refractivity contribution in [2.75, 3.05) is 19.5 Å². The number of anilines is 1. The van der Waals surface area contributed by atoms with Crippen molar-refractivity contribution in [3.05, 3.63) is 82.9 Å². The first-order valence-corrected chi connectivity index (χ1v) is 9.08. The third-order valence-corrected chi connectivity index (χ3v) is 5.19. The number of aromatic carboxylic acids is 1. The lowest BCUT2D eigenvalue weighted by atomic mass is 9.98. The van der Waals surface area contributed by atoms with E-state index in [2.05, 4.69) is 12.1 Å². The normalized spacial score (nSPS) is 12.2. The Bertz CT molecular complexity index is 1080. The van der Waals surface area contributed by atoms with Gasteiger partial charge in [-0.3, -0.25) is 0 Å². The molecule has 1 aliphatic rings. The number of ether oxygens (including phenoxy) is 2. The number of hydrogen-bond acceptors (Lipinski definition) is 5. The summed E-state index contributed by atoms with van der Waals surface area (Å²) in [6.07, 6.45) is 0. The fourth-order valence-corrected chi connectivity index (χ4v) is 3.84. The molecule has 6 nitrogen and oxygen atoms in total. The highest BCUT2D eigenvalue weighted by molar-refractivity contribution is 6.01. The second-order valence-corrected chi connectivity index (χ2v) is 6.74. The highest BCUT2D eigenvalue weighted by atomic mass is 16.5. The van der Waals surface area contributed by atoms with Crippen molar-refractivity contribution in [2.24, 2.45) is 0 Å². The minimum atomic E-state index is -1.19. The van der Waals surface area contributed by atoms with E-state index in [-0.39, 0.29) is 35.1 Å². The van der Waals surface area contributed by atoms with Crippen LogP contribution in [0.3, 0.4) is 0 Å². The zero-order chi connectivity index (χ0) is 20.5. The van der Waals surface area contributed by atoms with Crippen molar-refractivity contribution < 1.29 is 24.2 Å². The zero-order valence-electron chi connectivity index (χ0n) is 15.7. The molecule has 6 heteroatoms. The van der Waals surface area contributed by atoms with Crippen molar-refractivity contribution >= 4 is 17.6 Å². The fourth-order valence-electron chi connectivity index (χ4n) is 3.84. The highest BCUT2D eigenvalue weighted by Crippen LogP contribution is 2.44. The molecule has 146 valence electrons.